The van der Waals surface area contributed by atoms with Gasteiger partial charge in [-0.2, -0.15) is 0 Å². The van der Waals surface area contributed by atoms with Gasteiger partial charge in [-0.15, -0.1) is 0 Å². The summed E-state index contributed by atoms with van der Waals surface area (Å²) in [6.45, 7) is 5.11. The first-order valence-corrected chi connectivity index (χ1v) is 8.38. The Morgan fingerprint density at radius 2 is 2.04 bits per heavy atom. The highest BCUT2D eigenvalue weighted by molar-refractivity contribution is 5.93. The number of aliphatic hydroxyl groups is 1. The smallest absolute Gasteiger partial charge is 0.276 e. The summed E-state index contributed by atoms with van der Waals surface area (Å²) >= 11 is 0. The fourth-order valence-electron chi connectivity index (χ4n) is 3.02. The third kappa shape index (κ3) is 4.00. The molecule has 0 saturated carbocycles. The molecule has 1 amide bonds. The number of ether oxygens (including phenoxy) is 1. The Morgan fingerprint density at radius 3 is 2.72 bits per heavy atom. The Kier molecular flexibility index (Phi) is 5.35. The highest BCUT2D eigenvalue weighted by atomic mass is 16.5. The third-order valence-corrected chi connectivity index (χ3v) is 4.28. The van der Waals surface area contributed by atoms with Gasteiger partial charge in [-0.3, -0.25) is 9.69 Å². The molecule has 0 bridgehead atoms. The average Bonchev–Trinajstić information content (AvgIpc) is 3.11. The molecule has 1 N–H and O–H groups in total. The van der Waals surface area contributed by atoms with Crippen molar-refractivity contribution in [3.63, 3.8) is 0 Å². The first-order valence-electron chi connectivity index (χ1n) is 8.38. The summed E-state index contributed by atoms with van der Waals surface area (Å²) in [4.78, 5) is 16.5. The van der Waals surface area contributed by atoms with Crippen LogP contribution in [0.15, 0.2) is 34.9 Å². The van der Waals surface area contributed by atoms with Gasteiger partial charge < -0.3 is 19.3 Å². The van der Waals surface area contributed by atoms with E-state index >= 15 is 0 Å². The second-order valence-corrected chi connectivity index (χ2v) is 6.22. The molecule has 0 unspecified atom stereocenters. The molecule has 0 radical (unpaired) electrons. The van der Waals surface area contributed by atoms with Gasteiger partial charge in [-0.05, 0) is 19.1 Å². The van der Waals surface area contributed by atoms with Crippen LogP contribution in [0.3, 0.4) is 0 Å². The first-order chi connectivity index (χ1) is 12.1. The number of hydrogen-bond donors (Lipinski definition) is 1. The van der Waals surface area contributed by atoms with E-state index in [2.05, 4.69) is 10.1 Å². The van der Waals surface area contributed by atoms with Crippen molar-refractivity contribution < 1.29 is 19.2 Å². The highest BCUT2D eigenvalue weighted by Crippen LogP contribution is 2.30. The predicted octanol–water partition coefficient (Wildman–Crippen LogP) is 1.49. The molecule has 2 aromatic rings. The lowest BCUT2D eigenvalue weighted by Gasteiger charge is -2.34. The van der Waals surface area contributed by atoms with Gasteiger partial charge in [0.2, 0.25) is 0 Å². The summed E-state index contributed by atoms with van der Waals surface area (Å²) in [5.74, 6) is 1.04. The van der Waals surface area contributed by atoms with Crippen molar-refractivity contribution in [1.29, 1.82) is 0 Å². The van der Waals surface area contributed by atoms with E-state index in [0.717, 1.165) is 18.7 Å². The molecule has 2 heterocycles. The largest absolute Gasteiger partial charge is 0.496 e. The van der Waals surface area contributed by atoms with Crippen LogP contribution in [0, 0.1) is 0 Å². The first kappa shape index (κ1) is 17.4. The zero-order chi connectivity index (χ0) is 17.8. The summed E-state index contributed by atoms with van der Waals surface area (Å²) in [6, 6.07) is 9.10. The molecule has 1 saturated heterocycles. The number of nitrogens with zero attached hydrogens (tertiary/aromatic N) is 3. The average molecular weight is 345 g/mol. The van der Waals surface area contributed by atoms with Crippen LogP contribution in [0.5, 0.6) is 5.75 Å². The number of rotatable bonds is 5. The van der Waals surface area contributed by atoms with Crippen LogP contribution >= 0.6 is 0 Å². The summed E-state index contributed by atoms with van der Waals surface area (Å²) in [5, 5.41) is 13.4. The molecule has 7 heteroatoms. The maximum absolute atomic E-state index is 12.6. The van der Waals surface area contributed by atoms with Gasteiger partial charge in [-0.25, -0.2) is 0 Å². The van der Waals surface area contributed by atoms with Crippen molar-refractivity contribution in [2.45, 2.75) is 13.0 Å². The number of amides is 1. The molecule has 7 nitrogen and oxygen atoms in total. The van der Waals surface area contributed by atoms with Crippen molar-refractivity contribution in [3.05, 3.63) is 36.0 Å². The quantitative estimate of drug-likeness (QED) is 0.884. The lowest BCUT2D eigenvalue weighted by molar-refractivity contribution is 0.0546. The molecule has 1 fully saturated rings. The van der Waals surface area contributed by atoms with E-state index in [4.69, 9.17) is 9.26 Å². The molecular formula is C18H23N3O4. The van der Waals surface area contributed by atoms with Gasteiger partial charge >= 0.3 is 0 Å². The number of benzene rings is 1. The van der Waals surface area contributed by atoms with Gasteiger partial charge in [0, 0.05) is 38.8 Å². The monoisotopic (exact) mass is 345 g/mol. The molecule has 1 aromatic carbocycles. The number of para-hydroxylation sites is 1. The summed E-state index contributed by atoms with van der Waals surface area (Å²) in [7, 11) is 1.59. The lowest BCUT2D eigenvalue weighted by atomic mass is 10.1. The number of methoxy groups -OCH3 is 1. The van der Waals surface area contributed by atoms with Crippen molar-refractivity contribution in [2.24, 2.45) is 0 Å². The van der Waals surface area contributed by atoms with Crippen LogP contribution in [-0.4, -0.2) is 71.9 Å². The highest BCUT2D eigenvalue weighted by Gasteiger charge is 2.25. The standard InChI is InChI=1S/C18H23N3O4/c1-13(22)12-20-7-9-21(10-8-20)18(23)15-11-17(25-19-15)14-5-3-4-6-16(14)24-2/h3-6,11,13,22H,7-10,12H2,1-2H3/t13-/m0/s1. The molecule has 1 atom stereocenters. The minimum atomic E-state index is -0.360. The van der Waals surface area contributed by atoms with Crippen molar-refractivity contribution >= 4 is 5.91 Å². The van der Waals surface area contributed by atoms with Crippen LogP contribution < -0.4 is 4.74 Å². The number of aromatic nitrogens is 1. The van der Waals surface area contributed by atoms with Gasteiger partial charge in [-0.1, -0.05) is 17.3 Å². The topological polar surface area (TPSA) is 79.0 Å². The Hall–Kier alpha value is -2.38. The minimum absolute atomic E-state index is 0.137. The molecule has 0 spiro atoms. The molecule has 3 rings (SSSR count). The molecule has 0 aliphatic carbocycles. The van der Waals surface area contributed by atoms with Crippen LogP contribution in [0.4, 0.5) is 0 Å². The Labute approximate surface area is 146 Å². The van der Waals surface area contributed by atoms with E-state index in [-0.39, 0.29) is 12.0 Å². The number of hydrogen-bond acceptors (Lipinski definition) is 6. The SMILES string of the molecule is COc1ccccc1-c1cc(C(=O)N2CCN(C[C@H](C)O)CC2)no1. The second kappa shape index (κ2) is 7.67. The van der Waals surface area contributed by atoms with Crippen molar-refractivity contribution in [1.82, 2.24) is 15.0 Å². The van der Waals surface area contributed by atoms with E-state index in [1.54, 1.807) is 25.0 Å². The van der Waals surface area contributed by atoms with E-state index in [1.165, 1.54) is 0 Å². The molecule has 25 heavy (non-hydrogen) atoms. The van der Waals surface area contributed by atoms with E-state index in [0.29, 0.717) is 36.8 Å². The number of β-amino-alcohol motifs (C(OH)–C–C–N with tert-alkyl or cyclic N) is 1. The predicted molar refractivity (Wildman–Crippen MR) is 92.5 cm³/mol. The van der Waals surface area contributed by atoms with Crippen molar-refractivity contribution in [2.75, 3.05) is 39.8 Å². The van der Waals surface area contributed by atoms with Crippen LogP contribution in [-0.2, 0) is 0 Å². The van der Waals surface area contributed by atoms with E-state index in [9.17, 15) is 9.90 Å². The Bertz CT molecular complexity index is 721. The van der Waals surface area contributed by atoms with E-state index in [1.807, 2.05) is 24.3 Å². The summed E-state index contributed by atoms with van der Waals surface area (Å²) < 4.78 is 10.7. The van der Waals surface area contributed by atoms with Gasteiger partial charge in [0.25, 0.3) is 5.91 Å². The number of carbonyl (C=O) groups is 1. The molecule has 134 valence electrons. The number of aliphatic hydroxyl groups excluding tert-OH is 1. The van der Waals surface area contributed by atoms with Gasteiger partial charge in [0.15, 0.2) is 11.5 Å². The number of piperazine rings is 1. The van der Waals surface area contributed by atoms with Gasteiger partial charge in [0.05, 0.1) is 18.8 Å². The summed E-state index contributed by atoms with van der Waals surface area (Å²) in [6.07, 6.45) is -0.360. The number of carbonyl (C=O) groups excluding carboxylic acids is 1. The fourth-order valence-corrected chi connectivity index (χ4v) is 3.02. The maximum Gasteiger partial charge on any atom is 0.276 e. The van der Waals surface area contributed by atoms with Crippen LogP contribution in [0.2, 0.25) is 0 Å². The molecule has 1 aliphatic rings. The maximum atomic E-state index is 12.6. The Morgan fingerprint density at radius 1 is 1.32 bits per heavy atom. The van der Waals surface area contributed by atoms with E-state index < -0.39 is 0 Å². The molecule has 1 aliphatic heterocycles. The minimum Gasteiger partial charge on any atom is -0.496 e. The zero-order valence-electron chi connectivity index (χ0n) is 14.5. The third-order valence-electron chi connectivity index (χ3n) is 4.28. The van der Waals surface area contributed by atoms with Gasteiger partial charge in [0.1, 0.15) is 5.75 Å². The normalized spacial score (nSPS) is 16.7. The second-order valence-electron chi connectivity index (χ2n) is 6.22. The molecule has 1 aromatic heterocycles. The lowest BCUT2D eigenvalue weighted by Crippen LogP contribution is -2.50. The van der Waals surface area contributed by atoms with Crippen molar-refractivity contribution in [3.8, 4) is 17.1 Å². The van der Waals surface area contributed by atoms with Crippen LogP contribution in [0.1, 0.15) is 17.4 Å². The zero-order valence-corrected chi connectivity index (χ0v) is 14.5. The summed E-state index contributed by atoms with van der Waals surface area (Å²) in [5.41, 5.74) is 1.06. The molecular weight excluding hydrogens is 322 g/mol. The fraction of sp³-hybridized carbons (Fsp3) is 0.444. The van der Waals surface area contributed by atoms with Crippen LogP contribution in [0.25, 0.3) is 11.3 Å². The Balaban J connectivity index is 1.67.